The number of rotatable bonds is 6. The standard InChI is InChI=1S/C16H22N2O3/c1-2-16(7-9-17-11-16)15(21)18-8-6-12-4-3-5-13(10-12)14(19)20/h3-5,10,17H,2,6-9,11H2,1H3,(H,18,21)(H,19,20). The summed E-state index contributed by atoms with van der Waals surface area (Å²) in [4.78, 5) is 23.2. The number of nitrogens with one attached hydrogen (secondary N) is 2. The fourth-order valence-electron chi connectivity index (χ4n) is 2.77. The molecule has 1 aromatic rings. The summed E-state index contributed by atoms with van der Waals surface area (Å²) in [7, 11) is 0. The largest absolute Gasteiger partial charge is 0.478 e. The molecule has 1 atom stereocenters. The van der Waals surface area contributed by atoms with Gasteiger partial charge in [-0.3, -0.25) is 4.79 Å². The molecule has 1 amide bonds. The Hall–Kier alpha value is -1.88. The van der Waals surface area contributed by atoms with E-state index in [1.54, 1.807) is 18.2 Å². The van der Waals surface area contributed by atoms with Gasteiger partial charge in [0.15, 0.2) is 0 Å². The zero-order chi connectivity index (χ0) is 15.3. The molecular formula is C16H22N2O3. The molecular weight excluding hydrogens is 268 g/mol. The molecule has 0 saturated carbocycles. The maximum Gasteiger partial charge on any atom is 0.335 e. The van der Waals surface area contributed by atoms with E-state index < -0.39 is 5.97 Å². The summed E-state index contributed by atoms with van der Waals surface area (Å²) in [5.41, 5.74) is 0.928. The minimum Gasteiger partial charge on any atom is -0.478 e. The second kappa shape index (κ2) is 6.72. The van der Waals surface area contributed by atoms with Crippen molar-refractivity contribution in [3.63, 3.8) is 0 Å². The maximum absolute atomic E-state index is 12.3. The van der Waals surface area contributed by atoms with Gasteiger partial charge >= 0.3 is 5.97 Å². The van der Waals surface area contributed by atoms with E-state index in [0.29, 0.717) is 13.0 Å². The van der Waals surface area contributed by atoms with Crippen molar-refractivity contribution in [2.45, 2.75) is 26.2 Å². The lowest BCUT2D eigenvalue weighted by Gasteiger charge is -2.25. The molecule has 1 aromatic carbocycles. The summed E-state index contributed by atoms with van der Waals surface area (Å²) in [6.45, 7) is 4.21. The number of carboxylic acid groups (broad SMARTS) is 1. The van der Waals surface area contributed by atoms with Gasteiger partial charge in [-0.25, -0.2) is 4.79 Å². The first-order valence-corrected chi connectivity index (χ1v) is 7.39. The number of amides is 1. The lowest BCUT2D eigenvalue weighted by Crippen LogP contribution is -2.42. The fraction of sp³-hybridized carbons (Fsp3) is 0.500. The smallest absolute Gasteiger partial charge is 0.335 e. The number of aromatic carboxylic acids is 1. The van der Waals surface area contributed by atoms with Crippen LogP contribution in [0.1, 0.15) is 35.7 Å². The summed E-state index contributed by atoms with van der Waals surface area (Å²) in [5, 5.41) is 15.2. The topological polar surface area (TPSA) is 78.4 Å². The van der Waals surface area contributed by atoms with Gasteiger partial charge in [-0.1, -0.05) is 19.1 Å². The van der Waals surface area contributed by atoms with Crippen LogP contribution in [0.4, 0.5) is 0 Å². The Morgan fingerprint density at radius 1 is 1.43 bits per heavy atom. The number of carboxylic acids is 1. The van der Waals surface area contributed by atoms with E-state index in [-0.39, 0.29) is 16.9 Å². The molecule has 1 heterocycles. The van der Waals surface area contributed by atoms with E-state index in [4.69, 9.17) is 5.11 Å². The van der Waals surface area contributed by atoms with Crippen LogP contribution in [0.25, 0.3) is 0 Å². The van der Waals surface area contributed by atoms with Gasteiger partial charge in [0.25, 0.3) is 0 Å². The van der Waals surface area contributed by atoms with Gasteiger partial charge in [0, 0.05) is 13.1 Å². The van der Waals surface area contributed by atoms with Crippen molar-refractivity contribution in [3.8, 4) is 0 Å². The molecule has 1 unspecified atom stereocenters. The zero-order valence-corrected chi connectivity index (χ0v) is 12.3. The zero-order valence-electron chi connectivity index (χ0n) is 12.3. The van der Waals surface area contributed by atoms with Crippen molar-refractivity contribution in [3.05, 3.63) is 35.4 Å². The van der Waals surface area contributed by atoms with Crippen LogP contribution in [0.2, 0.25) is 0 Å². The van der Waals surface area contributed by atoms with Gasteiger partial charge in [-0.2, -0.15) is 0 Å². The molecule has 21 heavy (non-hydrogen) atoms. The first kappa shape index (κ1) is 15.5. The lowest BCUT2D eigenvalue weighted by molar-refractivity contribution is -0.130. The van der Waals surface area contributed by atoms with Crippen LogP contribution in [-0.4, -0.2) is 36.6 Å². The predicted molar refractivity (Wildman–Crippen MR) is 80.3 cm³/mol. The Morgan fingerprint density at radius 2 is 2.24 bits per heavy atom. The number of benzene rings is 1. The third-order valence-electron chi connectivity index (χ3n) is 4.28. The molecule has 0 aromatic heterocycles. The van der Waals surface area contributed by atoms with Crippen LogP contribution < -0.4 is 10.6 Å². The normalized spacial score (nSPS) is 21.2. The average Bonchev–Trinajstić information content (AvgIpc) is 2.97. The highest BCUT2D eigenvalue weighted by Gasteiger charge is 2.38. The van der Waals surface area contributed by atoms with Crippen molar-refractivity contribution in [2.75, 3.05) is 19.6 Å². The molecule has 114 valence electrons. The molecule has 0 spiro atoms. The molecule has 0 bridgehead atoms. The molecule has 1 aliphatic heterocycles. The quantitative estimate of drug-likeness (QED) is 0.740. The second-order valence-electron chi connectivity index (χ2n) is 5.57. The van der Waals surface area contributed by atoms with Crippen molar-refractivity contribution in [1.29, 1.82) is 0 Å². The van der Waals surface area contributed by atoms with Crippen LogP contribution in [0, 0.1) is 5.41 Å². The van der Waals surface area contributed by atoms with Crippen molar-refractivity contribution >= 4 is 11.9 Å². The van der Waals surface area contributed by atoms with E-state index in [1.807, 2.05) is 13.0 Å². The Morgan fingerprint density at radius 3 is 2.86 bits per heavy atom. The van der Waals surface area contributed by atoms with Crippen LogP contribution in [-0.2, 0) is 11.2 Å². The summed E-state index contributed by atoms with van der Waals surface area (Å²) < 4.78 is 0. The molecule has 5 nitrogen and oxygen atoms in total. The Labute approximate surface area is 124 Å². The molecule has 0 aliphatic carbocycles. The third-order valence-corrected chi connectivity index (χ3v) is 4.28. The highest BCUT2D eigenvalue weighted by atomic mass is 16.4. The number of hydrogen-bond acceptors (Lipinski definition) is 3. The highest BCUT2D eigenvalue weighted by Crippen LogP contribution is 2.29. The van der Waals surface area contributed by atoms with Crippen molar-refractivity contribution in [2.24, 2.45) is 5.41 Å². The van der Waals surface area contributed by atoms with Crippen LogP contribution in [0.5, 0.6) is 0 Å². The van der Waals surface area contributed by atoms with Crippen molar-refractivity contribution < 1.29 is 14.7 Å². The first-order valence-electron chi connectivity index (χ1n) is 7.39. The van der Waals surface area contributed by atoms with Gasteiger partial charge in [0.1, 0.15) is 0 Å². The van der Waals surface area contributed by atoms with E-state index in [0.717, 1.165) is 31.5 Å². The molecule has 2 rings (SSSR count). The fourth-order valence-corrected chi connectivity index (χ4v) is 2.77. The number of carbonyl (C=O) groups excluding carboxylic acids is 1. The summed E-state index contributed by atoms with van der Waals surface area (Å²) in [6.07, 6.45) is 2.35. The van der Waals surface area contributed by atoms with Crippen LogP contribution >= 0.6 is 0 Å². The van der Waals surface area contributed by atoms with Gasteiger partial charge < -0.3 is 15.7 Å². The third kappa shape index (κ3) is 3.61. The van der Waals surface area contributed by atoms with E-state index >= 15 is 0 Å². The summed E-state index contributed by atoms with van der Waals surface area (Å²) >= 11 is 0. The molecule has 1 aliphatic rings. The van der Waals surface area contributed by atoms with E-state index in [1.165, 1.54) is 0 Å². The Bertz CT molecular complexity index is 522. The van der Waals surface area contributed by atoms with E-state index in [9.17, 15) is 9.59 Å². The molecule has 1 saturated heterocycles. The van der Waals surface area contributed by atoms with E-state index in [2.05, 4.69) is 10.6 Å². The summed E-state index contributed by atoms with van der Waals surface area (Å²) in [5.74, 6) is -0.827. The molecule has 0 radical (unpaired) electrons. The second-order valence-corrected chi connectivity index (χ2v) is 5.57. The van der Waals surface area contributed by atoms with Gasteiger partial charge in [0.05, 0.1) is 11.0 Å². The Kier molecular flexibility index (Phi) is 4.96. The van der Waals surface area contributed by atoms with Crippen molar-refractivity contribution in [1.82, 2.24) is 10.6 Å². The number of carbonyl (C=O) groups is 2. The van der Waals surface area contributed by atoms with Gasteiger partial charge in [-0.05, 0) is 43.5 Å². The minimum atomic E-state index is -0.928. The first-order chi connectivity index (χ1) is 10.1. The molecule has 5 heteroatoms. The molecule has 3 N–H and O–H groups in total. The Balaban J connectivity index is 1.88. The maximum atomic E-state index is 12.3. The highest BCUT2D eigenvalue weighted by molar-refractivity contribution is 5.87. The number of hydrogen-bond donors (Lipinski definition) is 3. The predicted octanol–water partition coefficient (Wildman–Crippen LogP) is 1.43. The summed E-state index contributed by atoms with van der Waals surface area (Å²) in [6, 6.07) is 6.84. The minimum absolute atomic E-state index is 0.101. The average molecular weight is 290 g/mol. The van der Waals surface area contributed by atoms with Gasteiger partial charge in [0.2, 0.25) is 5.91 Å². The van der Waals surface area contributed by atoms with Crippen LogP contribution in [0.15, 0.2) is 24.3 Å². The van der Waals surface area contributed by atoms with Crippen LogP contribution in [0.3, 0.4) is 0 Å². The lowest BCUT2D eigenvalue weighted by atomic mass is 9.83. The molecule has 1 fully saturated rings. The SMILES string of the molecule is CCC1(C(=O)NCCc2cccc(C(=O)O)c2)CCNC1. The monoisotopic (exact) mass is 290 g/mol. The van der Waals surface area contributed by atoms with Gasteiger partial charge in [-0.15, -0.1) is 0 Å².